The smallest absolute Gasteiger partial charge is 0.261 e. The molecule has 4 rings (SSSR count). The average Bonchev–Trinajstić information content (AvgIpc) is 3.44. The largest absolute Gasteiger partial charge is 0.351 e. The summed E-state index contributed by atoms with van der Waals surface area (Å²) in [6.45, 7) is 2.37. The van der Waals surface area contributed by atoms with Gasteiger partial charge in [0.1, 0.15) is 0 Å². The van der Waals surface area contributed by atoms with E-state index in [-0.39, 0.29) is 24.8 Å². The highest BCUT2D eigenvalue weighted by Gasteiger charge is 2.22. The van der Waals surface area contributed by atoms with E-state index >= 15 is 0 Å². The van der Waals surface area contributed by atoms with Gasteiger partial charge in [0, 0.05) is 13.0 Å². The number of aromatic nitrogens is 1. The number of anilines is 2. The van der Waals surface area contributed by atoms with E-state index in [1.54, 1.807) is 11.0 Å². The molecule has 5 nitrogen and oxygen atoms in total. The molecule has 0 saturated heterocycles. The maximum Gasteiger partial charge on any atom is 0.261 e. The summed E-state index contributed by atoms with van der Waals surface area (Å²) in [5.74, 6) is -0.263. The van der Waals surface area contributed by atoms with Crippen molar-refractivity contribution < 1.29 is 9.59 Å². The monoisotopic (exact) mass is 435 g/mol. The molecule has 152 valence electrons. The van der Waals surface area contributed by atoms with Crippen LogP contribution in [0.1, 0.15) is 28.6 Å². The molecule has 2 amide bonds. The first-order chi connectivity index (χ1) is 14.7. The lowest BCUT2D eigenvalue weighted by Crippen LogP contribution is -2.31. The predicted molar refractivity (Wildman–Crippen MR) is 124 cm³/mol. The molecule has 0 saturated carbocycles. The lowest BCUT2D eigenvalue weighted by molar-refractivity contribution is -0.117. The van der Waals surface area contributed by atoms with Crippen LogP contribution in [0.5, 0.6) is 0 Å². The van der Waals surface area contributed by atoms with Crippen LogP contribution in [0.25, 0.3) is 10.2 Å². The first-order valence-corrected chi connectivity index (χ1v) is 11.4. The minimum Gasteiger partial charge on any atom is -0.351 e. The summed E-state index contributed by atoms with van der Waals surface area (Å²) in [7, 11) is 0. The SMILES string of the molecule is CCc1ccc(N(C(=O)CCNC(=O)c2cccs2)c2nc3ccccc3s2)cc1. The molecule has 0 aliphatic carbocycles. The van der Waals surface area contributed by atoms with Gasteiger partial charge in [-0.25, -0.2) is 4.98 Å². The number of rotatable bonds is 7. The maximum absolute atomic E-state index is 13.2. The van der Waals surface area contributed by atoms with Gasteiger partial charge < -0.3 is 5.32 Å². The molecule has 0 spiro atoms. The molecule has 1 N–H and O–H groups in total. The number of nitrogens with one attached hydrogen (secondary N) is 1. The molecular weight excluding hydrogens is 414 g/mol. The number of carbonyl (C=O) groups excluding carboxylic acids is 2. The van der Waals surface area contributed by atoms with Crippen LogP contribution in [-0.2, 0) is 11.2 Å². The van der Waals surface area contributed by atoms with E-state index in [0.29, 0.717) is 10.0 Å². The Morgan fingerprint density at radius 1 is 1.03 bits per heavy atom. The van der Waals surface area contributed by atoms with Gasteiger partial charge in [0.25, 0.3) is 5.91 Å². The van der Waals surface area contributed by atoms with Crippen LogP contribution in [0.3, 0.4) is 0 Å². The minimum atomic E-state index is -0.156. The molecule has 2 aromatic heterocycles. The Morgan fingerprint density at radius 3 is 2.53 bits per heavy atom. The van der Waals surface area contributed by atoms with Crippen molar-refractivity contribution in [2.45, 2.75) is 19.8 Å². The average molecular weight is 436 g/mol. The van der Waals surface area contributed by atoms with Crippen molar-refractivity contribution in [2.24, 2.45) is 0 Å². The second-order valence-corrected chi connectivity index (χ2v) is 8.65. The second kappa shape index (κ2) is 9.19. The van der Waals surface area contributed by atoms with Gasteiger partial charge >= 0.3 is 0 Å². The van der Waals surface area contributed by atoms with E-state index in [0.717, 1.165) is 22.3 Å². The summed E-state index contributed by atoms with van der Waals surface area (Å²) < 4.78 is 1.03. The molecule has 2 aromatic carbocycles. The van der Waals surface area contributed by atoms with Crippen LogP contribution < -0.4 is 10.2 Å². The summed E-state index contributed by atoms with van der Waals surface area (Å²) in [5.41, 5.74) is 2.85. The molecule has 0 aliphatic rings. The summed E-state index contributed by atoms with van der Waals surface area (Å²) in [4.78, 5) is 32.3. The van der Waals surface area contributed by atoms with Crippen LogP contribution >= 0.6 is 22.7 Å². The Labute approximate surface area is 183 Å². The number of amides is 2. The third-order valence-corrected chi connectivity index (χ3v) is 6.59. The summed E-state index contributed by atoms with van der Waals surface area (Å²) in [6.07, 6.45) is 1.12. The predicted octanol–water partition coefficient (Wildman–Crippen LogP) is 5.41. The number of carbonyl (C=O) groups is 2. The van der Waals surface area contributed by atoms with Gasteiger partial charge in [-0.15, -0.1) is 11.3 Å². The van der Waals surface area contributed by atoms with Crippen molar-refractivity contribution in [2.75, 3.05) is 11.4 Å². The van der Waals surface area contributed by atoms with Gasteiger partial charge in [0.15, 0.2) is 5.13 Å². The first kappa shape index (κ1) is 20.3. The van der Waals surface area contributed by atoms with Crippen LogP contribution in [0.2, 0.25) is 0 Å². The summed E-state index contributed by atoms with van der Waals surface area (Å²) in [5, 5.41) is 5.32. The Balaban J connectivity index is 1.55. The molecule has 0 aliphatic heterocycles. The van der Waals surface area contributed by atoms with Gasteiger partial charge in [-0.2, -0.15) is 0 Å². The third-order valence-electron chi connectivity index (χ3n) is 4.70. The van der Waals surface area contributed by atoms with Crippen LogP contribution in [0, 0.1) is 0 Å². The number of fused-ring (bicyclic) bond motifs is 1. The number of aryl methyl sites for hydroxylation is 1. The normalized spacial score (nSPS) is 10.8. The Bertz CT molecular complexity index is 1120. The Hall–Kier alpha value is -3.03. The maximum atomic E-state index is 13.2. The zero-order valence-corrected chi connectivity index (χ0v) is 18.1. The van der Waals surface area contributed by atoms with E-state index in [9.17, 15) is 9.59 Å². The van der Waals surface area contributed by atoms with Crippen LogP contribution in [0.15, 0.2) is 66.0 Å². The van der Waals surface area contributed by atoms with Gasteiger partial charge in [-0.05, 0) is 47.7 Å². The van der Waals surface area contributed by atoms with Crippen LogP contribution in [0.4, 0.5) is 10.8 Å². The van der Waals surface area contributed by atoms with Gasteiger partial charge in [0.05, 0.1) is 20.8 Å². The Morgan fingerprint density at radius 2 is 1.83 bits per heavy atom. The second-order valence-electron chi connectivity index (χ2n) is 6.70. The van der Waals surface area contributed by atoms with E-state index in [2.05, 4.69) is 17.2 Å². The fraction of sp³-hybridized carbons (Fsp3) is 0.174. The van der Waals surface area contributed by atoms with Crippen molar-refractivity contribution in [3.05, 3.63) is 76.5 Å². The number of thiophene rings is 1. The number of nitrogens with zero attached hydrogens (tertiary/aromatic N) is 2. The molecule has 0 radical (unpaired) electrons. The van der Waals surface area contributed by atoms with E-state index in [4.69, 9.17) is 0 Å². The number of benzene rings is 2. The molecule has 2 heterocycles. The molecule has 0 unspecified atom stereocenters. The van der Waals surface area contributed by atoms with Crippen molar-refractivity contribution in [1.82, 2.24) is 10.3 Å². The molecule has 4 aromatic rings. The molecular formula is C23H21N3O2S2. The van der Waals surface area contributed by atoms with E-state index < -0.39 is 0 Å². The highest BCUT2D eigenvalue weighted by molar-refractivity contribution is 7.22. The summed E-state index contributed by atoms with van der Waals surface area (Å²) in [6, 6.07) is 19.4. The van der Waals surface area contributed by atoms with E-state index in [1.807, 2.05) is 60.0 Å². The van der Waals surface area contributed by atoms with Crippen molar-refractivity contribution in [3.8, 4) is 0 Å². The fourth-order valence-corrected chi connectivity index (χ4v) is 4.73. The number of thiazole rings is 1. The lowest BCUT2D eigenvalue weighted by atomic mass is 10.1. The van der Waals surface area contributed by atoms with Crippen LogP contribution in [-0.4, -0.2) is 23.3 Å². The first-order valence-electron chi connectivity index (χ1n) is 9.75. The molecule has 0 fully saturated rings. The molecule has 7 heteroatoms. The van der Waals surface area contributed by atoms with Gasteiger partial charge in [0.2, 0.25) is 5.91 Å². The topological polar surface area (TPSA) is 62.3 Å². The fourth-order valence-electron chi connectivity index (χ4n) is 3.09. The third kappa shape index (κ3) is 4.42. The zero-order valence-electron chi connectivity index (χ0n) is 16.5. The molecule has 0 bridgehead atoms. The Kier molecular flexibility index (Phi) is 6.21. The lowest BCUT2D eigenvalue weighted by Gasteiger charge is -2.20. The molecule has 0 atom stereocenters. The quantitative estimate of drug-likeness (QED) is 0.422. The summed E-state index contributed by atoms with van der Waals surface area (Å²) >= 11 is 2.86. The van der Waals surface area contributed by atoms with Gasteiger partial charge in [-0.1, -0.05) is 48.6 Å². The highest BCUT2D eigenvalue weighted by Crippen LogP contribution is 2.34. The van der Waals surface area contributed by atoms with Crippen molar-refractivity contribution >= 4 is 55.5 Å². The highest BCUT2D eigenvalue weighted by atomic mass is 32.1. The number of para-hydroxylation sites is 1. The number of hydrogen-bond acceptors (Lipinski definition) is 5. The zero-order chi connectivity index (χ0) is 20.9. The van der Waals surface area contributed by atoms with E-state index in [1.165, 1.54) is 28.2 Å². The molecule has 30 heavy (non-hydrogen) atoms. The minimum absolute atomic E-state index is 0.107. The van der Waals surface area contributed by atoms with Crippen molar-refractivity contribution in [3.63, 3.8) is 0 Å². The van der Waals surface area contributed by atoms with Gasteiger partial charge in [-0.3, -0.25) is 14.5 Å². The standard InChI is InChI=1S/C23H21N3O2S2/c1-2-16-9-11-17(12-10-16)26(23-25-18-6-3-4-7-19(18)30-23)21(27)13-14-24-22(28)20-8-5-15-29-20/h3-12,15H,2,13-14H2,1H3,(H,24,28). The van der Waals surface area contributed by atoms with Crippen molar-refractivity contribution in [1.29, 1.82) is 0 Å². The number of hydrogen-bond donors (Lipinski definition) is 1.